The molecule has 0 heterocycles. The smallest absolute Gasteiger partial charge is 0.335 e. The predicted molar refractivity (Wildman–Crippen MR) is 68.3 cm³/mol. The van der Waals surface area contributed by atoms with Crippen molar-refractivity contribution >= 4 is 37.9 Å². The molecule has 0 saturated carbocycles. The van der Waals surface area contributed by atoms with Crippen LogP contribution in [0.1, 0.15) is 10.4 Å². The average molecular weight is 352 g/mol. The molecule has 19 heavy (non-hydrogen) atoms. The Balaban J connectivity index is 3.02. The van der Waals surface area contributed by atoms with Gasteiger partial charge >= 0.3 is 11.9 Å². The Morgan fingerprint density at radius 2 is 2.05 bits per heavy atom. The van der Waals surface area contributed by atoms with E-state index in [1.807, 2.05) is 4.72 Å². The molecular weight excluding hydrogens is 342 g/mol. The van der Waals surface area contributed by atoms with Crippen LogP contribution in [0.15, 0.2) is 27.6 Å². The van der Waals surface area contributed by atoms with Crippen LogP contribution in [0.3, 0.4) is 0 Å². The summed E-state index contributed by atoms with van der Waals surface area (Å²) in [6.45, 7) is -0.508. The van der Waals surface area contributed by atoms with Crippen molar-refractivity contribution < 1.29 is 27.9 Å². The van der Waals surface area contributed by atoms with Crippen molar-refractivity contribution in [3.05, 3.63) is 28.2 Å². The number of sulfonamides is 1. The molecule has 1 rings (SSSR count). The van der Waals surface area contributed by atoms with Crippen molar-refractivity contribution in [3.8, 4) is 0 Å². The second-order valence-electron chi connectivity index (χ2n) is 3.35. The number of rotatable bonds is 5. The average Bonchev–Trinajstić information content (AvgIpc) is 2.35. The van der Waals surface area contributed by atoms with E-state index >= 15 is 0 Å². The lowest BCUT2D eigenvalue weighted by atomic mass is 10.2. The zero-order valence-corrected chi connectivity index (χ0v) is 12.1. The first-order valence-electron chi connectivity index (χ1n) is 4.87. The van der Waals surface area contributed by atoms with E-state index in [9.17, 15) is 18.0 Å². The lowest BCUT2D eigenvalue weighted by molar-refractivity contribution is -0.139. The summed E-state index contributed by atoms with van der Waals surface area (Å²) < 4.78 is 30.1. The van der Waals surface area contributed by atoms with Crippen LogP contribution in [-0.2, 0) is 19.6 Å². The molecule has 0 unspecified atom stereocenters. The summed E-state index contributed by atoms with van der Waals surface area (Å²) in [5.74, 6) is -1.91. The van der Waals surface area contributed by atoms with Crippen LogP contribution >= 0.6 is 15.9 Å². The monoisotopic (exact) mass is 351 g/mol. The van der Waals surface area contributed by atoms with Crippen molar-refractivity contribution in [1.29, 1.82) is 0 Å². The quantitative estimate of drug-likeness (QED) is 0.751. The third-order valence-corrected chi connectivity index (χ3v) is 4.48. The Hall–Kier alpha value is -1.45. The number of methoxy groups -OCH3 is 1. The lowest BCUT2D eigenvalue weighted by Gasteiger charge is -2.08. The Morgan fingerprint density at radius 3 is 2.53 bits per heavy atom. The maximum absolute atomic E-state index is 11.9. The number of carbonyl (C=O) groups excluding carboxylic acids is 1. The molecule has 2 N–H and O–H groups in total. The molecule has 0 aliphatic heterocycles. The largest absolute Gasteiger partial charge is 0.478 e. The van der Waals surface area contributed by atoms with Crippen LogP contribution in [0, 0.1) is 0 Å². The first-order chi connectivity index (χ1) is 8.77. The minimum absolute atomic E-state index is 0.0567. The molecule has 1 aromatic rings. The van der Waals surface area contributed by atoms with Crippen LogP contribution in [0.4, 0.5) is 0 Å². The number of carboxylic acid groups (broad SMARTS) is 1. The molecule has 0 amide bonds. The lowest BCUT2D eigenvalue weighted by Crippen LogP contribution is -2.30. The van der Waals surface area contributed by atoms with Crippen molar-refractivity contribution in [2.45, 2.75) is 4.90 Å². The molecule has 0 aliphatic carbocycles. The van der Waals surface area contributed by atoms with E-state index in [1.54, 1.807) is 0 Å². The molecule has 0 aromatic heterocycles. The summed E-state index contributed by atoms with van der Waals surface area (Å²) in [4.78, 5) is 21.4. The topological polar surface area (TPSA) is 110 Å². The molecule has 0 aliphatic rings. The molecule has 7 nitrogen and oxygen atoms in total. The minimum atomic E-state index is -3.93. The van der Waals surface area contributed by atoms with Gasteiger partial charge in [-0.2, -0.15) is 4.72 Å². The molecule has 0 radical (unpaired) electrons. The Labute approximate surface area is 117 Å². The van der Waals surface area contributed by atoms with Crippen LogP contribution in [0.2, 0.25) is 0 Å². The third kappa shape index (κ3) is 4.01. The first kappa shape index (κ1) is 15.6. The molecule has 0 atom stereocenters. The number of aromatic carboxylic acids is 1. The van der Waals surface area contributed by atoms with E-state index < -0.39 is 28.5 Å². The molecular formula is C10H10BrNO6S. The molecule has 0 saturated heterocycles. The summed E-state index contributed by atoms with van der Waals surface area (Å²) in [5, 5.41) is 8.76. The second-order valence-corrected chi connectivity index (χ2v) is 5.94. The van der Waals surface area contributed by atoms with Crippen molar-refractivity contribution in [3.63, 3.8) is 0 Å². The highest BCUT2D eigenvalue weighted by Gasteiger charge is 2.20. The van der Waals surface area contributed by atoms with Crippen LogP contribution < -0.4 is 4.72 Å². The van der Waals surface area contributed by atoms with E-state index in [1.165, 1.54) is 0 Å². The van der Waals surface area contributed by atoms with Gasteiger partial charge in [-0.15, -0.1) is 0 Å². The minimum Gasteiger partial charge on any atom is -0.478 e. The number of hydrogen-bond donors (Lipinski definition) is 2. The van der Waals surface area contributed by atoms with Crippen LogP contribution in [-0.4, -0.2) is 39.1 Å². The van der Waals surface area contributed by atoms with Gasteiger partial charge in [0.15, 0.2) is 0 Å². The normalized spacial score (nSPS) is 11.1. The first-order valence-corrected chi connectivity index (χ1v) is 7.15. The van der Waals surface area contributed by atoms with E-state index in [4.69, 9.17) is 5.11 Å². The number of nitrogens with one attached hydrogen (secondary N) is 1. The zero-order valence-electron chi connectivity index (χ0n) is 9.71. The van der Waals surface area contributed by atoms with E-state index in [-0.39, 0.29) is 14.9 Å². The zero-order chi connectivity index (χ0) is 14.6. The second kappa shape index (κ2) is 6.13. The van der Waals surface area contributed by atoms with Gasteiger partial charge in [0.2, 0.25) is 10.0 Å². The van der Waals surface area contributed by atoms with E-state index in [0.717, 1.165) is 25.3 Å². The molecule has 9 heteroatoms. The summed E-state index contributed by atoms with van der Waals surface area (Å²) >= 11 is 2.98. The number of hydrogen-bond acceptors (Lipinski definition) is 5. The van der Waals surface area contributed by atoms with Crippen molar-refractivity contribution in [1.82, 2.24) is 4.72 Å². The predicted octanol–water partition coefficient (Wildman–Crippen LogP) is 0.599. The standard InChI is InChI=1S/C10H10BrNO6S/c1-18-9(13)5-12-19(16,17)8-3-2-6(10(14)15)4-7(8)11/h2-4,12H,5H2,1H3,(H,14,15). The molecule has 0 bridgehead atoms. The Kier molecular flexibility index (Phi) is 5.04. The number of benzene rings is 1. The molecule has 0 fully saturated rings. The van der Waals surface area contributed by atoms with Gasteiger partial charge in [-0.25, -0.2) is 13.2 Å². The van der Waals surface area contributed by atoms with Gasteiger partial charge in [-0.1, -0.05) is 0 Å². The van der Waals surface area contributed by atoms with Gasteiger partial charge in [0.25, 0.3) is 0 Å². The highest BCUT2D eigenvalue weighted by Crippen LogP contribution is 2.23. The van der Waals surface area contributed by atoms with E-state index in [2.05, 4.69) is 20.7 Å². The van der Waals surface area contributed by atoms with Crippen molar-refractivity contribution in [2.24, 2.45) is 0 Å². The number of halogens is 1. The van der Waals surface area contributed by atoms with Gasteiger partial charge in [0, 0.05) is 4.47 Å². The number of carboxylic acids is 1. The fourth-order valence-electron chi connectivity index (χ4n) is 1.16. The van der Waals surface area contributed by atoms with E-state index in [0.29, 0.717) is 0 Å². The van der Waals surface area contributed by atoms with Crippen LogP contribution in [0.25, 0.3) is 0 Å². The van der Waals surface area contributed by atoms with Gasteiger partial charge in [0.1, 0.15) is 6.54 Å². The molecule has 1 aromatic carbocycles. The SMILES string of the molecule is COC(=O)CNS(=O)(=O)c1ccc(C(=O)O)cc1Br. The summed E-state index contributed by atoms with van der Waals surface area (Å²) in [6, 6.07) is 3.45. The van der Waals surface area contributed by atoms with Crippen molar-refractivity contribution in [2.75, 3.05) is 13.7 Å². The Bertz CT molecular complexity index is 612. The summed E-state index contributed by atoms with van der Waals surface area (Å²) in [7, 11) is -2.80. The van der Waals surface area contributed by atoms with Gasteiger partial charge < -0.3 is 9.84 Å². The summed E-state index contributed by atoms with van der Waals surface area (Å²) in [5.41, 5.74) is -0.0567. The highest BCUT2D eigenvalue weighted by molar-refractivity contribution is 9.10. The van der Waals surface area contributed by atoms with Gasteiger partial charge in [-0.05, 0) is 34.1 Å². The van der Waals surface area contributed by atoms with Gasteiger partial charge in [0.05, 0.1) is 17.6 Å². The fourth-order valence-corrected chi connectivity index (χ4v) is 3.20. The number of ether oxygens (including phenoxy) is 1. The maximum atomic E-state index is 11.9. The third-order valence-electron chi connectivity index (χ3n) is 2.10. The number of esters is 1. The summed E-state index contributed by atoms with van der Waals surface area (Å²) in [6.07, 6.45) is 0. The fraction of sp³-hybridized carbons (Fsp3) is 0.200. The Morgan fingerprint density at radius 1 is 1.42 bits per heavy atom. The van der Waals surface area contributed by atoms with Crippen LogP contribution in [0.5, 0.6) is 0 Å². The maximum Gasteiger partial charge on any atom is 0.335 e. The molecule has 0 spiro atoms. The molecule has 104 valence electrons. The highest BCUT2D eigenvalue weighted by atomic mass is 79.9. The number of carbonyl (C=O) groups is 2. The van der Waals surface area contributed by atoms with Gasteiger partial charge in [-0.3, -0.25) is 4.79 Å².